The van der Waals surface area contributed by atoms with Gasteiger partial charge in [-0.1, -0.05) is 24.3 Å². The monoisotopic (exact) mass is 397 g/mol. The zero-order valence-electron chi connectivity index (χ0n) is 16.7. The van der Waals surface area contributed by atoms with Gasteiger partial charge < -0.3 is 14.6 Å². The van der Waals surface area contributed by atoms with Crippen LogP contribution in [0.3, 0.4) is 0 Å². The van der Waals surface area contributed by atoms with E-state index in [1.54, 1.807) is 19.4 Å². The molecule has 5 atom stereocenters. The summed E-state index contributed by atoms with van der Waals surface area (Å²) in [5.74, 6) is 0.903. The van der Waals surface area contributed by atoms with E-state index in [9.17, 15) is 9.50 Å². The van der Waals surface area contributed by atoms with E-state index in [1.807, 2.05) is 24.3 Å². The molecule has 0 saturated heterocycles. The van der Waals surface area contributed by atoms with E-state index in [0.29, 0.717) is 18.6 Å². The Bertz CT molecular complexity index is 838. The Morgan fingerprint density at radius 3 is 2.83 bits per heavy atom. The van der Waals surface area contributed by atoms with Crippen LogP contribution in [-0.2, 0) is 9.47 Å². The molecule has 0 amide bonds. The molecule has 1 aromatic heterocycles. The second kappa shape index (κ2) is 9.16. The minimum atomic E-state index is -0.311. The van der Waals surface area contributed by atoms with Crippen LogP contribution in [0.1, 0.15) is 31.4 Å². The Hall–Kier alpha value is -2.08. The van der Waals surface area contributed by atoms with Crippen molar-refractivity contribution < 1.29 is 19.0 Å². The van der Waals surface area contributed by atoms with Crippen molar-refractivity contribution in [2.45, 2.75) is 37.9 Å². The lowest BCUT2D eigenvalue weighted by molar-refractivity contribution is -0.0930. The van der Waals surface area contributed by atoms with Crippen molar-refractivity contribution in [3.8, 4) is 11.1 Å². The van der Waals surface area contributed by atoms with Gasteiger partial charge in [-0.2, -0.15) is 0 Å². The summed E-state index contributed by atoms with van der Waals surface area (Å²) in [6.07, 6.45) is 9.72. The minimum absolute atomic E-state index is 0.160. The average molecular weight is 397 g/mol. The number of rotatable bonds is 6. The minimum Gasteiger partial charge on any atom is -0.392 e. The van der Waals surface area contributed by atoms with Gasteiger partial charge in [0.2, 0.25) is 0 Å². The van der Waals surface area contributed by atoms with Crippen LogP contribution in [0.4, 0.5) is 4.39 Å². The second-order valence-corrected chi connectivity index (χ2v) is 8.15. The summed E-state index contributed by atoms with van der Waals surface area (Å²) in [5, 5.41) is 10.6. The number of aliphatic hydroxyl groups is 1. The molecule has 1 N–H and O–H groups in total. The van der Waals surface area contributed by atoms with E-state index >= 15 is 0 Å². The Balaban J connectivity index is 1.40. The van der Waals surface area contributed by atoms with E-state index < -0.39 is 0 Å². The van der Waals surface area contributed by atoms with Crippen molar-refractivity contribution in [2.24, 2.45) is 17.8 Å². The zero-order valence-corrected chi connectivity index (χ0v) is 16.7. The third kappa shape index (κ3) is 4.74. The summed E-state index contributed by atoms with van der Waals surface area (Å²) in [5.41, 5.74) is 2.55. The quantitative estimate of drug-likeness (QED) is 0.719. The smallest absolute Gasteiger partial charge is 0.146 e. The van der Waals surface area contributed by atoms with Crippen molar-refractivity contribution in [1.82, 2.24) is 4.98 Å². The first kappa shape index (κ1) is 20.2. The molecule has 2 aromatic rings. The maximum Gasteiger partial charge on any atom is 0.146 e. The number of hydrogen-bond acceptors (Lipinski definition) is 4. The predicted octanol–water partition coefficient (Wildman–Crippen LogP) is 4.69. The van der Waals surface area contributed by atoms with E-state index in [4.69, 9.17) is 9.47 Å². The third-order valence-electron chi connectivity index (χ3n) is 6.33. The Labute approximate surface area is 171 Å². The highest BCUT2D eigenvalue weighted by atomic mass is 19.1. The molecule has 29 heavy (non-hydrogen) atoms. The van der Waals surface area contributed by atoms with Crippen molar-refractivity contribution in [3.63, 3.8) is 0 Å². The van der Waals surface area contributed by atoms with Gasteiger partial charge in [-0.05, 0) is 67.4 Å². The van der Waals surface area contributed by atoms with Crippen LogP contribution in [0.25, 0.3) is 17.2 Å². The molecular weight excluding hydrogens is 369 g/mol. The van der Waals surface area contributed by atoms with Gasteiger partial charge in [-0.25, -0.2) is 4.39 Å². The number of fused-ring (bicyclic) bond motifs is 1. The molecular formula is C24H28FNO3. The molecule has 2 saturated carbocycles. The van der Waals surface area contributed by atoms with Gasteiger partial charge in [0.1, 0.15) is 12.6 Å². The molecule has 154 valence electrons. The van der Waals surface area contributed by atoms with Gasteiger partial charge in [0.15, 0.2) is 0 Å². The summed E-state index contributed by atoms with van der Waals surface area (Å²) in [6.45, 7) is 0.339. The summed E-state index contributed by atoms with van der Waals surface area (Å²) in [4.78, 5) is 4.50. The fourth-order valence-electron chi connectivity index (χ4n) is 4.91. The molecule has 0 aliphatic heterocycles. The fraction of sp³-hybridized carbons (Fsp3) is 0.458. The number of methoxy groups -OCH3 is 1. The molecule has 2 fully saturated rings. The van der Waals surface area contributed by atoms with Crippen LogP contribution in [0.2, 0.25) is 0 Å². The number of ether oxygens (including phenoxy) is 2. The highest BCUT2D eigenvalue weighted by molar-refractivity contribution is 5.63. The summed E-state index contributed by atoms with van der Waals surface area (Å²) >= 11 is 0. The van der Waals surface area contributed by atoms with Crippen LogP contribution in [0.15, 0.2) is 48.7 Å². The normalized spacial score (nSPS) is 29.3. The Morgan fingerprint density at radius 1 is 1.17 bits per heavy atom. The maximum absolute atomic E-state index is 13.4. The number of nitrogens with zero attached hydrogens (tertiary/aromatic N) is 1. The predicted molar refractivity (Wildman–Crippen MR) is 110 cm³/mol. The largest absolute Gasteiger partial charge is 0.392 e. The van der Waals surface area contributed by atoms with Gasteiger partial charge in [-0.3, -0.25) is 4.98 Å². The van der Waals surface area contributed by atoms with Crippen molar-refractivity contribution >= 4 is 6.08 Å². The number of halogens is 1. The topological polar surface area (TPSA) is 51.6 Å². The first-order valence-electron chi connectivity index (χ1n) is 10.3. The number of pyridine rings is 1. The lowest BCUT2D eigenvalue weighted by atomic mass is 9.76. The first-order valence-corrected chi connectivity index (χ1v) is 10.3. The molecule has 2 aliphatic carbocycles. The van der Waals surface area contributed by atoms with E-state index in [2.05, 4.69) is 11.1 Å². The maximum atomic E-state index is 13.4. The van der Waals surface area contributed by atoms with E-state index in [0.717, 1.165) is 42.5 Å². The second-order valence-electron chi connectivity index (χ2n) is 8.15. The highest BCUT2D eigenvalue weighted by Gasteiger charge is 2.44. The number of benzene rings is 1. The van der Waals surface area contributed by atoms with E-state index in [-0.39, 0.29) is 23.9 Å². The van der Waals surface area contributed by atoms with Crippen LogP contribution >= 0.6 is 0 Å². The Morgan fingerprint density at radius 2 is 2.07 bits per heavy atom. The lowest BCUT2D eigenvalue weighted by Crippen LogP contribution is -2.29. The Kier molecular flexibility index (Phi) is 6.38. The van der Waals surface area contributed by atoms with Crippen LogP contribution in [-0.4, -0.2) is 36.2 Å². The SMILES string of the molecule is COCO[C@@H]1CC[C@@H]2[C@@H](C1)C[C@@H](O)[C@H]2C=Cc1ccc(-c2cccc(F)c2)cn1. The number of aliphatic hydroxyl groups excluding tert-OH is 1. The van der Waals surface area contributed by atoms with Crippen LogP contribution in [0.5, 0.6) is 0 Å². The first-order chi connectivity index (χ1) is 14.1. The van der Waals surface area contributed by atoms with Crippen molar-refractivity contribution in [3.05, 3.63) is 60.2 Å². The molecule has 4 rings (SSSR count). The van der Waals surface area contributed by atoms with Crippen LogP contribution < -0.4 is 0 Å². The number of aromatic nitrogens is 1. The molecule has 2 aliphatic rings. The molecule has 1 heterocycles. The van der Waals surface area contributed by atoms with Gasteiger partial charge >= 0.3 is 0 Å². The van der Waals surface area contributed by atoms with Gasteiger partial charge in [0, 0.05) is 24.8 Å². The summed E-state index contributed by atoms with van der Waals surface area (Å²) in [6, 6.07) is 10.4. The molecule has 0 bridgehead atoms. The van der Waals surface area contributed by atoms with Crippen molar-refractivity contribution in [1.29, 1.82) is 0 Å². The van der Waals surface area contributed by atoms with Gasteiger partial charge in [-0.15, -0.1) is 0 Å². The average Bonchev–Trinajstić information content (AvgIpc) is 3.05. The van der Waals surface area contributed by atoms with Crippen molar-refractivity contribution in [2.75, 3.05) is 13.9 Å². The molecule has 4 nitrogen and oxygen atoms in total. The highest BCUT2D eigenvalue weighted by Crippen LogP contribution is 2.47. The fourth-order valence-corrected chi connectivity index (χ4v) is 4.91. The van der Waals surface area contributed by atoms with Gasteiger partial charge in [0.05, 0.1) is 17.9 Å². The van der Waals surface area contributed by atoms with Gasteiger partial charge in [0.25, 0.3) is 0 Å². The van der Waals surface area contributed by atoms with Crippen LogP contribution in [0, 0.1) is 23.6 Å². The molecule has 0 radical (unpaired) electrons. The zero-order chi connectivity index (χ0) is 20.2. The third-order valence-corrected chi connectivity index (χ3v) is 6.33. The van der Waals surface area contributed by atoms with E-state index in [1.165, 1.54) is 12.1 Å². The number of hydrogen-bond donors (Lipinski definition) is 1. The standard InChI is InChI=1S/C24H28FNO3/c1-28-15-29-21-8-10-22-18(12-21)13-24(27)23(22)9-7-20-6-5-17(14-26-20)16-3-2-4-19(25)11-16/h2-7,9,11,14,18,21-24,27H,8,10,12-13,15H2,1H3/t18-,21+,22+,23-,24+/m0/s1. The molecule has 1 aromatic carbocycles. The lowest BCUT2D eigenvalue weighted by Gasteiger charge is -2.33. The molecule has 0 spiro atoms. The molecule has 5 heteroatoms. The molecule has 0 unspecified atom stereocenters. The summed E-state index contributed by atoms with van der Waals surface area (Å²) in [7, 11) is 1.64. The summed E-state index contributed by atoms with van der Waals surface area (Å²) < 4.78 is 24.2.